The molecule has 7 heteroatoms. The van der Waals surface area contributed by atoms with E-state index in [9.17, 15) is 18.4 Å². The average Bonchev–Trinajstić information content (AvgIpc) is 2.55. The van der Waals surface area contributed by atoms with Crippen molar-refractivity contribution in [1.82, 2.24) is 4.90 Å². The van der Waals surface area contributed by atoms with E-state index in [0.29, 0.717) is 0 Å². The summed E-state index contributed by atoms with van der Waals surface area (Å²) >= 11 is 0. The van der Waals surface area contributed by atoms with Crippen LogP contribution in [0.5, 0.6) is 0 Å². The second kappa shape index (κ2) is 7.59. The summed E-state index contributed by atoms with van der Waals surface area (Å²) < 4.78 is 37.9. The first-order chi connectivity index (χ1) is 11.3. The van der Waals surface area contributed by atoms with Gasteiger partial charge in [-0.05, 0) is 19.4 Å². The fourth-order valence-corrected chi connectivity index (χ4v) is 2.73. The van der Waals surface area contributed by atoms with Crippen molar-refractivity contribution in [3.63, 3.8) is 0 Å². The Labute approximate surface area is 139 Å². The van der Waals surface area contributed by atoms with Crippen LogP contribution in [-0.2, 0) is 20.9 Å². The van der Waals surface area contributed by atoms with E-state index in [1.54, 1.807) is 38.1 Å². The van der Waals surface area contributed by atoms with Crippen LogP contribution in [0.4, 0.5) is 13.6 Å². The molecular formula is C17H21F2NO4. The van der Waals surface area contributed by atoms with Gasteiger partial charge >= 0.3 is 12.1 Å². The number of nitrogens with zero attached hydrogens (tertiary/aromatic N) is 1. The molecule has 1 fully saturated rings. The molecule has 1 heterocycles. The first-order valence-corrected chi connectivity index (χ1v) is 7.86. The van der Waals surface area contributed by atoms with E-state index in [4.69, 9.17) is 9.47 Å². The number of ether oxygens (including phenoxy) is 2. The minimum absolute atomic E-state index is 0.0153. The van der Waals surface area contributed by atoms with Gasteiger partial charge in [-0.3, -0.25) is 9.69 Å². The summed E-state index contributed by atoms with van der Waals surface area (Å²) in [6, 6.07) is 8.22. The number of amides is 1. The second-order valence-electron chi connectivity index (χ2n) is 5.83. The van der Waals surface area contributed by atoms with E-state index in [1.165, 1.54) is 0 Å². The molecule has 24 heavy (non-hydrogen) atoms. The monoisotopic (exact) mass is 341 g/mol. The normalized spacial score (nSPS) is 22.8. The number of hydrogen-bond acceptors (Lipinski definition) is 4. The number of carbonyl (C=O) groups excluding carboxylic acids is 2. The van der Waals surface area contributed by atoms with E-state index in [0.717, 1.165) is 10.5 Å². The minimum Gasteiger partial charge on any atom is -0.466 e. The van der Waals surface area contributed by atoms with E-state index in [2.05, 4.69) is 0 Å². The molecule has 0 N–H and O–H groups in total. The number of carbonyl (C=O) groups is 2. The molecule has 2 unspecified atom stereocenters. The SMILES string of the molecule is CCOC(=O)C1CC(F)(F)CN(C(=O)OCc2ccccc2)C1C. The molecule has 0 aromatic heterocycles. The Balaban J connectivity index is 2.06. The van der Waals surface area contributed by atoms with Crippen LogP contribution >= 0.6 is 0 Å². The summed E-state index contributed by atoms with van der Waals surface area (Å²) in [6.07, 6.45) is -1.49. The molecule has 0 spiro atoms. The highest BCUT2D eigenvalue weighted by molar-refractivity contribution is 5.76. The van der Waals surface area contributed by atoms with Crippen molar-refractivity contribution in [2.24, 2.45) is 5.92 Å². The summed E-state index contributed by atoms with van der Waals surface area (Å²) in [4.78, 5) is 25.0. The number of benzene rings is 1. The van der Waals surface area contributed by atoms with Crippen LogP contribution < -0.4 is 0 Å². The highest BCUT2D eigenvalue weighted by atomic mass is 19.3. The van der Waals surface area contributed by atoms with Crippen LogP contribution in [0.15, 0.2) is 30.3 Å². The molecule has 5 nitrogen and oxygen atoms in total. The van der Waals surface area contributed by atoms with Crippen LogP contribution in [0.2, 0.25) is 0 Å². The average molecular weight is 341 g/mol. The predicted octanol–water partition coefficient (Wildman–Crippen LogP) is 3.23. The Morgan fingerprint density at radius 3 is 2.54 bits per heavy atom. The van der Waals surface area contributed by atoms with Crippen LogP contribution in [0, 0.1) is 5.92 Å². The van der Waals surface area contributed by atoms with Gasteiger partial charge in [0.15, 0.2) is 0 Å². The largest absolute Gasteiger partial charge is 0.466 e. The molecule has 2 atom stereocenters. The molecule has 0 saturated carbocycles. The molecule has 2 rings (SSSR count). The predicted molar refractivity (Wildman–Crippen MR) is 82.5 cm³/mol. The summed E-state index contributed by atoms with van der Waals surface area (Å²) in [5.41, 5.74) is 0.754. The molecular weight excluding hydrogens is 320 g/mol. The maximum atomic E-state index is 13.9. The highest BCUT2D eigenvalue weighted by Gasteiger charge is 2.49. The third-order valence-corrected chi connectivity index (χ3v) is 4.02. The van der Waals surface area contributed by atoms with Crippen LogP contribution in [-0.4, -0.2) is 42.1 Å². The molecule has 1 aromatic carbocycles. The maximum absolute atomic E-state index is 13.9. The van der Waals surface area contributed by atoms with Crippen molar-refractivity contribution in [3.05, 3.63) is 35.9 Å². The zero-order valence-corrected chi connectivity index (χ0v) is 13.7. The molecule has 132 valence electrons. The quantitative estimate of drug-likeness (QED) is 0.789. The number of esters is 1. The lowest BCUT2D eigenvalue weighted by atomic mass is 9.88. The number of hydrogen-bond donors (Lipinski definition) is 0. The van der Waals surface area contributed by atoms with Crippen molar-refractivity contribution >= 4 is 12.1 Å². The number of piperidine rings is 1. The van der Waals surface area contributed by atoms with Gasteiger partial charge in [0.2, 0.25) is 0 Å². The molecule has 0 aliphatic carbocycles. The van der Waals surface area contributed by atoms with E-state index in [1.807, 2.05) is 6.07 Å². The number of rotatable bonds is 4. The van der Waals surface area contributed by atoms with Gasteiger partial charge < -0.3 is 9.47 Å². The van der Waals surface area contributed by atoms with Crippen molar-refractivity contribution < 1.29 is 27.8 Å². The summed E-state index contributed by atoms with van der Waals surface area (Å²) in [5, 5.41) is 0. The molecule has 1 aliphatic rings. The van der Waals surface area contributed by atoms with Gasteiger partial charge in [0.25, 0.3) is 5.92 Å². The maximum Gasteiger partial charge on any atom is 0.410 e. The minimum atomic E-state index is -3.16. The van der Waals surface area contributed by atoms with Crippen LogP contribution in [0.3, 0.4) is 0 Å². The van der Waals surface area contributed by atoms with E-state index in [-0.39, 0.29) is 13.2 Å². The molecule has 1 saturated heterocycles. The standard InChI is InChI=1S/C17H21F2NO4/c1-3-23-15(21)14-9-17(18,19)11-20(12(14)2)16(22)24-10-13-7-5-4-6-8-13/h4-8,12,14H,3,9-11H2,1-2H3. The smallest absolute Gasteiger partial charge is 0.410 e. The van der Waals surface area contributed by atoms with Crippen LogP contribution in [0.25, 0.3) is 0 Å². The van der Waals surface area contributed by atoms with Gasteiger partial charge in [0, 0.05) is 12.5 Å². The zero-order chi connectivity index (χ0) is 17.7. The van der Waals surface area contributed by atoms with Crippen molar-refractivity contribution in [1.29, 1.82) is 0 Å². The van der Waals surface area contributed by atoms with E-state index < -0.39 is 42.9 Å². The van der Waals surface area contributed by atoms with Gasteiger partial charge in [0.05, 0.1) is 19.1 Å². The number of halogens is 2. The lowest BCUT2D eigenvalue weighted by Crippen LogP contribution is -2.56. The van der Waals surface area contributed by atoms with Crippen molar-refractivity contribution in [2.45, 2.75) is 38.8 Å². The lowest BCUT2D eigenvalue weighted by molar-refractivity contribution is -0.162. The van der Waals surface area contributed by atoms with Gasteiger partial charge in [-0.2, -0.15) is 0 Å². The second-order valence-corrected chi connectivity index (χ2v) is 5.83. The Morgan fingerprint density at radius 2 is 1.92 bits per heavy atom. The molecule has 1 amide bonds. The Morgan fingerprint density at radius 1 is 1.25 bits per heavy atom. The molecule has 1 aliphatic heterocycles. The fraction of sp³-hybridized carbons (Fsp3) is 0.529. The number of alkyl halides is 2. The Hall–Kier alpha value is -2.18. The molecule has 1 aromatic rings. The Bertz CT molecular complexity index is 579. The summed E-state index contributed by atoms with van der Waals surface area (Å²) in [6.45, 7) is 2.48. The van der Waals surface area contributed by atoms with Crippen molar-refractivity contribution in [3.8, 4) is 0 Å². The number of likely N-dealkylation sites (tertiary alicyclic amines) is 1. The van der Waals surface area contributed by atoms with Crippen LogP contribution in [0.1, 0.15) is 25.8 Å². The van der Waals surface area contributed by atoms with Gasteiger partial charge in [0.1, 0.15) is 6.61 Å². The summed E-state index contributed by atoms with van der Waals surface area (Å²) in [5.74, 6) is -4.95. The highest BCUT2D eigenvalue weighted by Crippen LogP contribution is 2.35. The van der Waals surface area contributed by atoms with E-state index >= 15 is 0 Å². The van der Waals surface area contributed by atoms with Gasteiger partial charge in [-0.25, -0.2) is 13.6 Å². The summed E-state index contributed by atoms with van der Waals surface area (Å²) in [7, 11) is 0. The third kappa shape index (κ3) is 4.43. The molecule has 0 radical (unpaired) electrons. The third-order valence-electron chi connectivity index (χ3n) is 4.02. The lowest BCUT2D eigenvalue weighted by Gasteiger charge is -2.41. The zero-order valence-electron chi connectivity index (χ0n) is 13.7. The van der Waals surface area contributed by atoms with Gasteiger partial charge in [-0.15, -0.1) is 0 Å². The molecule has 0 bridgehead atoms. The topological polar surface area (TPSA) is 55.8 Å². The van der Waals surface area contributed by atoms with Crippen molar-refractivity contribution in [2.75, 3.05) is 13.2 Å². The first kappa shape index (κ1) is 18.2. The Kier molecular flexibility index (Phi) is 5.75. The fourth-order valence-electron chi connectivity index (χ4n) is 2.73. The van der Waals surface area contributed by atoms with Gasteiger partial charge in [-0.1, -0.05) is 30.3 Å². The first-order valence-electron chi connectivity index (χ1n) is 7.86.